The molecule has 0 spiro atoms. The zero-order chi connectivity index (χ0) is 7.98. The third-order valence-corrected chi connectivity index (χ3v) is 1.71. The Morgan fingerprint density at radius 3 is 2.70 bits per heavy atom. The second-order valence-corrected chi connectivity index (χ2v) is 3.02. The van der Waals surface area contributed by atoms with Crippen LogP contribution in [0.25, 0.3) is 0 Å². The van der Waals surface area contributed by atoms with Gasteiger partial charge in [-0.3, -0.25) is 4.79 Å². The summed E-state index contributed by atoms with van der Waals surface area (Å²) in [5.41, 5.74) is 0. The van der Waals surface area contributed by atoms with Gasteiger partial charge < -0.3 is 10.2 Å². The lowest BCUT2D eigenvalue weighted by Gasteiger charge is -2.04. The van der Waals surface area contributed by atoms with Crippen LogP contribution in [-0.4, -0.2) is 34.3 Å². The Kier molecular flexibility index (Phi) is 5.43. The molecule has 0 rings (SSSR count). The molecule has 0 fully saturated rings. The summed E-state index contributed by atoms with van der Waals surface area (Å²) < 4.78 is 0. The first-order valence-corrected chi connectivity index (χ1v) is 4.45. The van der Waals surface area contributed by atoms with Gasteiger partial charge >= 0.3 is 5.97 Å². The summed E-state index contributed by atoms with van der Waals surface area (Å²) in [6, 6.07) is 0. The second-order valence-electron chi connectivity index (χ2n) is 2.03. The van der Waals surface area contributed by atoms with Gasteiger partial charge in [0.25, 0.3) is 0 Å². The smallest absolute Gasteiger partial charge is 0.305 e. The number of aliphatic hydroxyl groups is 1. The van der Waals surface area contributed by atoms with Crippen LogP contribution in [0.15, 0.2) is 0 Å². The first-order chi connectivity index (χ1) is 4.66. The van der Waals surface area contributed by atoms with Crippen molar-refractivity contribution in [3.63, 3.8) is 0 Å². The van der Waals surface area contributed by atoms with Crippen LogP contribution in [0.3, 0.4) is 0 Å². The van der Waals surface area contributed by atoms with Crippen LogP contribution < -0.4 is 0 Å². The summed E-state index contributed by atoms with van der Waals surface area (Å²) in [6.45, 7) is 0. The van der Waals surface area contributed by atoms with E-state index >= 15 is 0 Å². The molecule has 0 aromatic carbocycles. The molecule has 10 heavy (non-hydrogen) atoms. The van der Waals surface area contributed by atoms with E-state index in [0.717, 1.165) is 5.75 Å². The summed E-state index contributed by atoms with van der Waals surface area (Å²) in [5, 5.41) is 17.2. The third-order valence-electron chi connectivity index (χ3n) is 1.07. The average Bonchev–Trinajstić information content (AvgIpc) is 1.82. The zero-order valence-corrected chi connectivity index (χ0v) is 6.73. The van der Waals surface area contributed by atoms with E-state index in [1.807, 2.05) is 6.26 Å². The Balaban J connectivity index is 3.25. The number of aliphatic hydroxyl groups excluding tert-OH is 1. The summed E-state index contributed by atoms with van der Waals surface area (Å²) in [6.07, 6.45) is 1.67. The Morgan fingerprint density at radius 1 is 1.70 bits per heavy atom. The van der Waals surface area contributed by atoms with Crippen molar-refractivity contribution in [2.45, 2.75) is 18.9 Å². The number of hydrogen-bond acceptors (Lipinski definition) is 3. The minimum Gasteiger partial charge on any atom is -0.481 e. The first-order valence-electron chi connectivity index (χ1n) is 3.05. The molecular weight excluding hydrogens is 152 g/mol. The van der Waals surface area contributed by atoms with Gasteiger partial charge in [-0.1, -0.05) is 0 Å². The van der Waals surface area contributed by atoms with E-state index in [0.29, 0.717) is 6.42 Å². The van der Waals surface area contributed by atoms with Crippen LogP contribution in [0.1, 0.15) is 12.8 Å². The Morgan fingerprint density at radius 2 is 2.30 bits per heavy atom. The molecule has 0 saturated carbocycles. The van der Waals surface area contributed by atoms with Gasteiger partial charge in [0.1, 0.15) is 0 Å². The van der Waals surface area contributed by atoms with Gasteiger partial charge in [0, 0.05) is 0 Å². The quantitative estimate of drug-likeness (QED) is 0.624. The summed E-state index contributed by atoms with van der Waals surface area (Å²) in [4.78, 5) is 10.0. The number of carboxylic acids is 1. The van der Waals surface area contributed by atoms with Crippen molar-refractivity contribution in [3.8, 4) is 0 Å². The summed E-state index contributed by atoms with van der Waals surface area (Å²) in [5.74, 6) is -0.123. The fourth-order valence-electron chi connectivity index (χ4n) is 0.558. The average molecular weight is 164 g/mol. The molecule has 0 aliphatic carbocycles. The van der Waals surface area contributed by atoms with Gasteiger partial charge in [-0.2, -0.15) is 11.8 Å². The molecule has 0 amide bonds. The van der Waals surface area contributed by atoms with Gasteiger partial charge in [-0.15, -0.1) is 0 Å². The first kappa shape index (κ1) is 9.78. The predicted molar refractivity (Wildman–Crippen MR) is 41.3 cm³/mol. The van der Waals surface area contributed by atoms with Gasteiger partial charge in [0.15, 0.2) is 0 Å². The highest BCUT2D eigenvalue weighted by Crippen LogP contribution is 2.03. The number of carboxylic acid groups (broad SMARTS) is 1. The maximum Gasteiger partial charge on any atom is 0.305 e. The molecule has 0 saturated heterocycles. The van der Waals surface area contributed by atoms with E-state index in [9.17, 15) is 4.79 Å². The lowest BCUT2D eigenvalue weighted by molar-refractivity contribution is -0.139. The van der Waals surface area contributed by atoms with Gasteiger partial charge in [0.2, 0.25) is 0 Å². The molecule has 0 unspecified atom stereocenters. The topological polar surface area (TPSA) is 57.5 Å². The van der Waals surface area contributed by atoms with Crippen LogP contribution in [0.5, 0.6) is 0 Å². The van der Waals surface area contributed by atoms with Crippen molar-refractivity contribution >= 4 is 17.7 Å². The van der Waals surface area contributed by atoms with E-state index in [-0.39, 0.29) is 6.42 Å². The lowest BCUT2D eigenvalue weighted by atomic mass is 10.2. The molecule has 0 radical (unpaired) electrons. The van der Waals surface area contributed by atoms with Gasteiger partial charge in [-0.05, 0) is 18.4 Å². The molecule has 60 valence electrons. The Bertz CT molecular complexity index is 105. The van der Waals surface area contributed by atoms with Crippen LogP contribution in [0.2, 0.25) is 0 Å². The Labute approximate surface area is 64.4 Å². The molecule has 1 atom stereocenters. The number of aliphatic carboxylic acids is 1. The SMILES string of the molecule is CSCC[C@@H](O)CC(=O)O. The van der Waals surface area contributed by atoms with Crippen molar-refractivity contribution in [2.24, 2.45) is 0 Å². The van der Waals surface area contributed by atoms with E-state index in [4.69, 9.17) is 10.2 Å². The summed E-state index contributed by atoms with van der Waals surface area (Å²) >= 11 is 1.60. The second kappa shape index (κ2) is 5.56. The number of rotatable bonds is 5. The van der Waals surface area contributed by atoms with E-state index in [2.05, 4.69) is 0 Å². The summed E-state index contributed by atoms with van der Waals surface area (Å²) in [7, 11) is 0. The highest BCUT2D eigenvalue weighted by molar-refractivity contribution is 7.98. The molecule has 0 aliphatic heterocycles. The molecule has 4 heteroatoms. The van der Waals surface area contributed by atoms with E-state index in [1.165, 1.54) is 0 Å². The molecular formula is C6H12O3S. The van der Waals surface area contributed by atoms with Crippen molar-refractivity contribution in [2.75, 3.05) is 12.0 Å². The fraction of sp³-hybridized carbons (Fsp3) is 0.833. The molecule has 0 aliphatic rings. The number of carbonyl (C=O) groups is 1. The highest BCUT2D eigenvalue weighted by atomic mass is 32.2. The fourth-order valence-corrected chi connectivity index (χ4v) is 1.07. The minimum absolute atomic E-state index is 0.138. The number of thioether (sulfide) groups is 1. The largest absolute Gasteiger partial charge is 0.481 e. The van der Waals surface area contributed by atoms with Gasteiger partial charge in [-0.25, -0.2) is 0 Å². The Hall–Kier alpha value is -0.220. The van der Waals surface area contributed by atoms with E-state index < -0.39 is 12.1 Å². The molecule has 0 aromatic heterocycles. The predicted octanol–water partition coefficient (Wildman–Crippen LogP) is 0.575. The van der Waals surface area contributed by atoms with Gasteiger partial charge in [0.05, 0.1) is 12.5 Å². The minimum atomic E-state index is -0.936. The van der Waals surface area contributed by atoms with Crippen LogP contribution in [-0.2, 0) is 4.79 Å². The zero-order valence-electron chi connectivity index (χ0n) is 5.91. The molecule has 3 nitrogen and oxygen atoms in total. The van der Waals surface area contributed by atoms with E-state index in [1.54, 1.807) is 11.8 Å². The van der Waals surface area contributed by atoms with Crippen LogP contribution in [0.4, 0.5) is 0 Å². The molecule has 0 bridgehead atoms. The van der Waals surface area contributed by atoms with Crippen molar-refractivity contribution in [1.82, 2.24) is 0 Å². The lowest BCUT2D eigenvalue weighted by Crippen LogP contribution is -2.13. The van der Waals surface area contributed by atoms with Crippen LogP contribution >= 0.6 is 11.8 Å². The normalized spacial score (nSPS) is 13.0. The maximum atomic E-state index is 10.0. The highest BCUT2D eigenvalue weighted by Gasteiger charge is 2.07. The molecule has 2 N–H and O–H groups in total. The molecule has 0 heterocycles. The number of hydrogen-bond donors (Lipinski definition) is 2. The van der Waals surface area contributed by atoms with Crippen molar-refractivity contribution in [3.05, 3.63) is 0 Å². The maximum absolute atomic E-state index is 10.0. The van der Waals surface area contributed by atoms with Crippen LogP contribution in [0, 0.1) is 0 Å². The molecule has 0 aromatic rings. The van der Waals surface area contributed by atoms with Crippen molar-refractivity contribution in [1.29, 1.82) is 0 Å². The standard InChI is InChI=1S/C6H12O3S/c1-10-3-2-5(7)4-6(8)9/h5,7H,2-4H2,1H3,(H,8,9)/t5-/m1/s1. The van der Waals surface area contributed by atoms with Crippen molar-refractivity contribution < 1.29 is 15.0 Å². The monoisotopic (exact) mass is 164 g/mol. The third kappa shape index (κ3) is 5.91.